The summed E-state index contributed by atoms with van der Waals surface area (Å²) in [6.07, 6.45) is -5.08. The maximum absolute atomic E-state index is 11.0. The molecule has 0 unspecified atom stereocenters. The number of aromatic hydroxyl groups is 1. The number of nitrogens with zero attached hydrogens (tertiary/aromatic N) is 2. The van der Waals surface area contributed by atoms with Gasteiger partial charge in [0.25, 0.3) is 5.69 Å². The van der Waals surface area contributed by atoms with Crippen molar-refractivity contribution in [2.24, 2.45) is 0 Å². The number of hydrogen-bond acceptors (Lipinski definition) is 6. The highest BCUT2D eigenvalue weighted by molar-refractivity contribution is 5.73. The molecular weight excluding hydrogens is 347 g/mol. The first-order chi connectivity index (χ1) is 11.4. The lowest BCUT2D eigenvalue weighted by atomic mass is 10.1. The van der Waals surface area contributed by atoms with E-state index in [-0.39, 0.29) is 23.5 Å². The molecule has 0 saturated carbocycles. The highest BCUT2D eigenvalue weighted by Gasteiger charge is 2.38. The predicted octanol–water partition coefficient (Wildman–Crippen LogP) is 2.12. The maximum Gasteiger partial charge on any atom is 0.490 e. The van der Waals surface area contributed by atoms with Crippen LogP contribution >= 0.6 is 0 Å². The van der Waals surface area contributed by atoms with E-state index >= 15 is 0 Å². The molecule has 2 atom stereocenters. The molecule has 11 heteroatoms. The third-order valence-corrected chi connectivity index (χ3v) is 3.31. The summed E-state index contributed by atoms with van der Waals surface area (Å²) in [5.41, 5.74) is 0.277. The van der Waals surface area contributed by atoms with Gasteiger partial charge in [-0.25, -0.2) is 4.79 Å². The number of aliphatic carboxylic acids is 1. The number of phenolic OH excluding ortho intramolecular Hbond substituents is 1. The highest BCUT2D eigenvalue weighted by atomic mass is 19.4. The third kappa shape index (κ3) is 5.78. The Balaban J connectivity index is 0.000000381. The summed E-state index contributed by atoms with van der Waals surface area (Å²) in [7, 11) is 0. The summed E-state index contributed by atoms with van der Waals surface area (Å²) < 4.78 is 31.7. The van der Waals surface area contributed by atoms with Gasteiger partial charge in [0, 0.05) is 31.2 Å². The van der Waals surface area contributed by atoms with Crippen molar-refractivity contribution in [1.82, 2.24) is 5.32 Å². The van der Waals surface area contributed by atoms with Gasteiger partial charge >= 0.3 is 12.1 Å². The largest absolute Gasteiger partial charge is 0.506 e. The number of nitro benzene ring substituents is 1. The number of carbonyl (C=O) groups is 1. The zero-order chi connectivity index (χ0) is 19.4. The Morgan fingerprint density at radius 3 is 2.20 bits per heavy atom. The molecule has 0 spiro atoms. The molecule has 0 amide bonds. The topological polar surface area (TPSA) is 116 Å². The Kier molecular flexibility index (Phi) is 6.56. The van der Waals surface area contributed by atoms with Crippen molar-refractivity contribution in [3.05, 3.63) is 28.3 Å². The van der Waals surface area contributed by atoms with E-state index in [4.69, 9.17) is 9.90 Å². The quantitative estimate of drug-likeness (QED) is 0.543. The molecule has 0 aromatic heterocycles. The second-order valence-corrected chi connectivity index (χ2v) is 5.58. The van der Waals surface area contributed by atoms with Crippen molar-refractivity contribution in [3.8, 4) is 5.75 Å². The lowest BCUT2D eigenvalue weighted by molar-refractivity contribution is -0.384. The number of nitrogens with one attached hydrogen (secondary N) is 1. The number of alkyl halides is 3. The molecule has 3 N–H and O–H groups in total. The van der Waals surface area contributed by atoms with E-state index in [1.807, 2.05) is 18.7 Å². The van der Waals surface area contributed by atoms with E-state index in [1.165, 1.54) is 18.2 Å². The fraction of sp³-hybridized carbons (Fsp3) is 0.500. The van der Waals surface area contributed by atoms with Crippen LogP contribution in [-0.2, 0) is 4.79 Å². The van der Waals surface area contributed by atoms with Crippen LogP contribution in [-0.4, -0.2) is 52.5 Å². The molecule has 0 bridgehead atoms. The number of carboxylic acids is 1. The molecule has 1 fully saturated rings. The SMILES string of the molecule is C[C@@H]1CN(c2c(O)cccc2[N+](=O)[O-])C[C@H](C)N1.O=C(O)C(F)(F)F. The number of halogens is 3. The summed E-state index contributed by atoms with van der Waals surface area (Å²) >= 11 is 0. The Hall–Kier alpha value is -2.56. The van der Waals surface area contributed by atoms with E-state index in [9.17, 15) is 28.4 Å². The second kappa shape index (κ2) is 8.01. The van der Waals surface area contributed by atoms with Crippen molar-refractivity contribution >= 4 is 17.3 Å². The van der Waals surface area contributed by atoms with Gasteiger partial charge in [-0.1, -0.05) is 6.07 Å². The molecule has 25 heavy (non-hydrogen) atoms. The first-order valence-electron chi connectivity index (χ1n) is 7.21. The maximum atomic E-state index is 11.0. The second-order valence-electron chi connectivity index (χ2n) is 5.58. The minimum Gasteiger partial charge on any atom is -0.506 e. The molecule has 1 aliphatic heterocycles. The zero-order valence-electron chi connectivity index (χ0n) is 13.4. The number of hydrogen-bond donors (Lipinski definition) is 3. The first kappa shape index (κ1) is 20.5. The van der Waals surface area contributed by atoms with Gasteiger partial charge in [-0.05, 0) is 19.9 Å². The van der Waals surface area contributed by atoms with Crippen molar-refractivity contribution < 1.29 is 33.1 Å². The van der Waals surface area contributed by atoms with E-state index in [0.717, 1.165) is 0 Å². The van der Waals surface area contributed by atoms with Crippen LogP contribution in [0.5, 0.6) is 5.75 Å². The van der Waals surface area contributed by atoms with Crippen LogP contribution in [0, 0.1) is 10.1 Å². The number of para-hydroxylation sites is 1. The fourth-order valence-electron chi connectivity index (χ4n) is 2.50. The number of carboxylic acid groups (broad SMARTS) is 1. The van der Waals surface area contributed by atoms with Crippen molar-refractivity contribution in [1.29, 1.82) is 0 Å². The number of nitro groups is 1. The van der Waals surface area contributed by atoms with Gasteiger partial charge in [0.1, 0.15) is 5.75 Å². The van der Waals surface area contributed by atoms with Crippen molar-refractivity contribution in [2.45, 2.75) is 32.1 Å². The van der Waals surface area contributed by atoms with E-state index < -0.39 is 17.1 Å². The average molecular weight is 365 g/mol. The van der Waals surface area contributed by atoms with Gasteiger partial charge in [-0.15, -0.1) is 0 Å². The Labute approximate surface area is 141 Å². The van der Waals surface area contributed by atoms with Gasteiger partial charge in [-0.3, -0.25) is 10.1 Å². The smallest absolute Gasteiger partial charge is 0.490 e. The first-order valence-corrected chi connectivity index (χ1v) is 7.21. The molecule has 1 aromatic rings. The lowest BCUT2D eigenvalue weighted by Gasteiger charge is -2.37. The van der Waals surface area contributed by atoms with Gasteiger partial charge in [0.15, 0.2) is 5.69 Å². The Morgan fingerprint density at radius 2 is 1.80 bits per heavy atom. The van der Waals surface area contributed by atoms with Crippen LogP contribution in [0.25, 0.3) is 0 Å². The minimum atomic E-state index is -5.08. The van der Waals surface area contributed by atoms with Gasteiger partial charge < -0.3 is 20.4 Å². The Morgan fingerprint density at radius 1 is 1.32 bits per heavy atom. The number of anilines is 1. The van der Waals surface area contributed by atoms with Crippen LogP contribution in [0.15, 0.2) is 18.2 Å². The summed E-state index contributed by atoms with van der Waals surface area (Å²) in [6, 6.07) is 4.86. The summed E-state index contributed by atoms with van der Waals surface area (Å²) in [5.74, 6) is -2.79. The fourth-order valence-corrected chi connectivity index (χ4v) is 2.50. The summed E-state index contributed by atoms with van der Waals surface area (Å²) in [4.78, 5) is 21.4. The highest BCUT2D eigenvalue weighted by Crippen LogP contribution is 2.37. The van der Waals surface area contributed by atoms with E-state index in [2.05, 4.69) is 5.32 Å². The molecular formula is C14H18F3N3O5. The van der Waals surface area contributed by atoms with Gasteiger partial charge in [0.2, 0.25) is 0 Å². The van der Waals surface area contributed by atoms with Crippen LogP contribution in [0.4, 0.5) is 24.5 Å². The number of phenols is 1. The molecule has 1 aromatic carbocycles. The summed E-state index contributed by atoms with van der Waals surface area (Å²) in [5, 5.41) is 31.4. The van der Waals surface area contributed by atoms with Crippen molar-refractivity contribution in [2.75, 3.05) is 18.0 Å². The molecule has 8 nitrogen and oxygen atoms in total. The number of rotatable bonds is 2. The number of piperazine rings is 1. The molecule has 1 saturated heterocycles. The molecule has 0 radical (unpaired) electrons. The minimum absolute atomic E-state index is 0.0366. The molecule has 1 aliphatic rings. The van der Waals surface area contributed by atoms with Gasteiger partial charge in [0.05, 0.1) is 4.92 Å². The normalized spacial score (nSPS) is 20.4. The van der Waals surface area contributed by atoms with E-state index in [0.29, 0.717) is 18.8 Å². The van der Waals surface area contributed by atoms with E-state index in [1.54, 1.807) is 0 Å². The van der Waals surface area contributed by atoms with Gasteiger partial charge in [-0.2, -0.15) is 13.2 Å². The van der Waals surface area contributed by atoms with Crippen LogP contribution in [0.2, 0.25) is 0 Å². The average Bonchev–Trinajstić information content (AvgIpc) is 2.45. The lowest BCUT2D eigenvalue weighted by Crippen LogP contribution is -2.54. The molecule has 0 aliphatic carbocycles. The molecule has 1 heterocycles. The summed E-state index contributed by atoms with van der Waals surface area (Å²) in [6.45, 7) is 5.33. The van der Waals surface area contributed by atoms with Crippen LogP contribution in [0.1, 0.15) is 13.8 Å². The van der Waals surface area contributed by atoms with Crippen molar-refractivity contribution in [3.63, 3.8) is 0 Å². The predicted molar refractivity (Wildman–Crippen MR) is 82.7 cm³/mol. The Bertz CT molecular complexity index is 629. The standard InChI is InChI=1S/C12H17N3O3.C2HF3O2/c1-8-6-14(7-9(2)13-8)12-10(15(17)18)4-3-5-11(12)16;3-2(4,5)1(6)7/h3-5,8-9,13,16H,6-7H2,1-2H3;(H,6,7)/t8-,9+;. The van der Waals surface area contributed by atoms with Crippen LogP contribution < -0.4 is 10.2 Å². The zero-order valence-corrected chi connectivity index (χ0v) is 13.4. The van der Waals surface area contributed by atoms with Crippen LogP contribution in [0.3, 0.4) is 0 Å². The molecule has 140 valence electrons. The third-order valence-electron chi connectivity index (χ3n) is 3.31. The molecule has 2 rings (SSSR count). The monoisotopic (exact) mass is 365 g/mol. The number of benzene rings is 1.